The predicted molar refractivity (Wildman–Crippen MR) is 105 cm³/mol. The number of rotatable bonds is 5. The zero-order valence-electron chi connectivity index (χ0n) is 16.3. The molecule has 8 heteroatoms. The van der Waals surface area contributed by atoms with E-state index in [2.05, 4.69) is 20.4 Å². The number of benzene rings is 1. The van der Waals surface area contributed by atoms with Gasteiger partial charge in [0.2, 0.25) is 11.8 Å². The van der Waals surface area contributed by atoms with Gasteiger partial charge >= 0.3 is 0 Å². The second-order valence-corrected chi connectivity index (χ2v) is 6.68. The molecule has 0 atom stereocenters. The van der Waals surface area contributed by atoms with E-state index >= 15 is 0 Å². The van der Waals surface area contributed by atoms with Gasteiger partial charge in [-0.15, -0.1) is 0 Å². The molecule has 0 radical (unpaired) electrons. The number of carbonyl (C=O) groups excluding carboxylic acids is 2. The van der Waals surface area contributed by atoms with Crippen molar-refractivity contribution in [3.8, 4) is 5.95 Å². The maximum atomic E-state index is 12.5. The van der Waals surface area contributed by atoms with Crippen LogP contribution in [0, 0.1) is 27.7 Å². The average Bonchev–Trinajstić information content (AvgIpc) is 2.89. The minimum absolute atomic E-state index is 0.167. The van der Waals surface area contributed by atoms with Gasteiger partial charge < -0.3 is 11.1 Å². The number of nitrogens with two attached hydrogens (primary N) is 1. The number of nitrogens with zero attached hydrogens (tertiary/aromatic N) is 4. The van der Waals surface area contributed by atoms with Crippen LogP contribution in [-0.4, -0.2) is 31.6 Å². The van der Waals surface area contributed by atoms with Crippen molar-refractivity contribution in [3.63, 3.8) is 0 Å². The van der Waals surface area contributed by atoms with Crippen molar-refractivity contribution in [2.45, 2.75) is 34.1 Å². The van der Waals surface area contributed by atoms with Crippen molar-refractivity contribution in [3.05, 3.63) is 64.2 Å². The van der Waals surface area contributed by atoms with E-state index in [1.807, 2.05) is 33.8 Å². The largest absolute Gasteiger partial charge is 0.366 e. The molecular formula is C20H22N6O2. The summed E-state index contributed by atoms with van der Waals surface area (Å²) < 4.78 is 1.67. The van der Waals surface area contributed by atoms with Crippen LogP contribution in [0.2, 0.25) is 0 Å². The number of aromatic nitrogens is 4. The van der Waals surface area contributed by atoms with E-state index in [1.54, 1.807) is 28.9 Å². The molecule has 0 aliphatic rings. The van der Waals surface area contributed by atoms with E-state index < -0.39 is 5.91 Å². The summed E-state index contributed by atoms with van der Waals surface area (Å²) in [5, 5.41) is 7.33. The second kappa shape index (κ2) is 7.59. The van der Waals surface area contributed by atoms with Gasteiger partial charge in [0.05, 0.1) is 12.1 Å². The molecule has 3 rings (SSSR count). The smallest absolute Gasteiger partial charge is 0.251 e. The fourth-order valence-electron chi connectivity index (χ4n) is 3.01. The first-order valence-corrected chi connectivity index (χ1v) is 8.82. The molecule has 2 aromatic heterocycles. The minimum atomic E-state index is -0.509. The summed E-state index contributed by atoms with van der Waals surface area (Å²) in [6, 6.07) is 8.33. The molecule has 0 fully saturated rings. The van der Waals surface area contributed by atoms with Crippen LogP contribution in [0.5, 0.6) is 0 Å². The number of nitrogens with one attached hydrogen (secondary N) is 1. The summed E-state index contributed by atoms with van der Waals surface area (Å²) in [4.78, 5) is 32.5. The lowest BCUT2D eigenvalue weighted by molar-refractivity contribution is -0.115. The standard InChI is InChI=1S/C20H22N6O2/c1-11-9-12(2)23-20(22-11)26-14(4)17(13(3)25-26)10-18(27)24-16-7-5-15(6-8-16)19(21)28/h5-9H,10H2,1-4H3,(H2,21,28)(H,24,27). The van der Waals surface area contributed by atoms with Crippen molar-refractivity contribution in [1.82, 2.24) is 19.7 Å². The molecule has 0 spiro atoms. The van der Waals surface area contributed by atoms with Crippen LogP contribution in [0.4, 0.5) is 5.69 Å². The van der Waals surface area contributed by atoms with Crippen molar-refractivity contribution in [1.29, 1.82) is 0 Å². The Morgan fingerprint density at radius 1 is 1.04 bits per heavy atom. The van der Waals surface area contributed by atoms with Gasteiger partial charge in [-0.25, -0.2) is 14.6 Å². The lowest BCUT2D eigenvalue weighted by Crippen LogP contribution is -2.16. The Morgan fingerprint density at radius 2 is 1.64 bits per heavy atom. The molecule has 144 valence electrons. The van der Waals surface area contributed by atoms with Crippen LogP contribution in [0.15, 0.2) is 30.3 Å². The van der Waals surface area contributed by atoms with Crippen LogP contribution < -0.4 is 11.1 Å². The summed E-state index contributed by atoms with van der Waals surface area (Å²) in [7, 11) is 0. The number of aryl methyl sites for hydroxylation is 3. The van der Waals surface area contributed by atoms with Gasteiger partial charge in [0.15, 0.2) is 0 Å². The SMILES string of the molecule is Cc1cc(C)nc(-n2nc(C)c(CC(=O)Nc3ccc(C(N)=O)cc3)c2C)n1. The molecule has 2 heterocycles. The van der Waals surface area contributed by atoms with E-state index in [4.69, 9.17) is 5.73 Å². The Labute approximate surface area is 162 Å². The molecular weight excluding hydrogens is 356 g/mol. The van der Waals surface area contributed by atoms with Crippen molar-refractivity contribution >= 4 is 17.5 Å². The Morgan fingerprint density at radius 3 is 2.21 bits per heavy atom. The van der Waals surface area contributed by atoms with Crippen molar-refractivity contribution < 1.29 is 9.59 Å². The first-order chi connectivity index (χ1) is 13.2. The highest BCUT2D eigenvalue weighted by Crippen LogP contribution is 2.18. The Kier molecular flexibility index (Phi) is 5.21. The fourth-order valence-corrected chi connectivity index (χ4v) is 3.01. The topological polar surface area (TPSA) is 116 Å². The highest BCUT2D eigenvalue weighted by molar-refractivity contribution is 5.95. The molecule has 2 amide bonds. The molecule has 0 aliphatic heterocycles. The van der Waals surface area contributed by atoms with E-state index in [-0.39, 0.29) is 12.3 Å². The molecule has 8 nitrogen and oxygen atoms in total. The predicted octanol–water partition coefficient (Wildman–Crippen LogP) is 2.18. The Bertz CT molecular complexity index is 1030. The van der Waals surface area contributed by atoms with Crippen LogP contribution in [-0.2, 0) is 11.2 Å². The number of amides is 2. The van der Waals surface area contributed by atoms with Gasteiger partial charge in [0.1, 0.15) is 0 Å². The van der Waals surface area contributed by atoms with E-state index in [1.165, 1.54) is 0 Å². The quantitative estimate of drug-likeness (QED) is 0.706. The fraction of sp³-hybridized carbons (Fsp3) is 0.250. The van der Waals surface area contributed by atoms with Gasteiger partial charge in [0.25, 0.3) is 5.95 Å². The number of carbonyl (C=O) groups is 2. The van der Waals surface area contributed by atoms with Gasteiger partial charge in [-0.1, -0.05) is 0 Å². The molecule has 28 heavy (non-hydrogen) atoms. The molecule has 3 N–H and O–H groups in total. The minimum Gasteiger partial charge on any atom is -0.366 e. The first-order valence-electron chi connectivity index (χ1n) is 8.82. The van der Waals surface area contributed by atoms with Gasteiger partial charge in [-0.3, -0.25) is 9.59 Å². The monoisotopic (exact) mass is 378 g/mol. The van der Waals surface area contributed by atoms with E-state index in [0.29, 0.717) is 17.2 Å². The molecule has 1 aromatic carbocycles. The highest BCUT2D eigenvalue weighted by Gasteiger charge is 2.18. The number of hydrogen-bond donors (Lipinski definition) is 2. The van der Waals surface area contributed by atoms with Crippen LogP contribution >= 0.6 is 0 Å². The number of hydrogen-bond acceptors (Lipinski definition) is 5. The third-order valence-electron chi connectivity index (χ3n) is 4.39. The second-order valence-electron chi connectivity index (χ2n) is 6.68. The van der Waals surface area contributed by atoms with Crippen LogP contribution in [0.1, 0.15) is 38.7 Å². The average molecular weight is 378 g/mol. The number of primary amides is 1. The zero-order chi connectivity index (χ0) is 20.4. The zero-order valence-corrected chi connectivity index (χ0v) is 16.3. The lowest BCUT2D eigenvalue weighted by atomic mass is 10.1. The normalized spacial score (nSPS) is 10.7. The highest BCUT2D eigenvalue weighted by atomic mass is 16.2. The summed E-state index contributed by atoms with van der Waals surface area (Å²) in [6.45, 7) is 7.56. The van der Waals surface area contributed by atoms with Gasteiger partial charge in [-0.2, -0.15) is 5.10 Å². The molecule has 0 saturated heterocycles. The summed E-state index contributed by atoms with van der Waals surface area (Å²) in [5.74, 6) is -0.198. The summed E-state index contributed by atoms with van der Waals surface area (Å²) in [5.41, 5.74) is 10.3. The third kappa shape index (κ3) is 4.06. The Balaban J connectivity index is 1.79. The molecule has 3 aromatic rings. The lowest BCUT2D eigenvalue weighted by Gasteiger charge is -2.07. The summed E-state index contributed by atoms with van der Waals surface area (Å²) in [6.07, 6.45) is 0.167. The van der Waals surface area contributed by atoms with E-state index in [9.17, 15) is 9.59 Å². The van der Waals surface area contributed by atoms with Crippen molar-refractivity contribution in [2.75, 3.05) is 5.32 Å². The molecule has 0 bridgehead atoms. The van der Waals surface area contributed by atoms with E-state index in [0.717, 1.165) is 28.3 Å². The Hall–Kier alpha value is -3.55. The van der Waals surface area contributed by atoms with Gasteiger partial charge in [0, 0.05) is 33.9 Å². The maximum absolute atomic E-state index is 12.5. The first kappa shape index (κ1) is 19.2. The molecule has 0 saturated carbocycles. The third-order valence-corrected chi connectivity index (χ3v) is 4.39. The molecule has 0 unspecified atom stereocenters. The summed E-state index contributed by atoms with van der Waals surface area (Å²) >= 11 is 0. The van der Waals surface area contributed by atoms with Crippen LogP contribution in [0.25, 0.3) is 5.95 Å². The van der Waals surface area contributed by atoms with Crippen molar-refractivity contribution in [2.24, 2.45) is 5.73 Å². The van der Waals surface area contributed by atoms with Crippen LogP contribution in [0.3, 0.4) is 0 Å². The maximum Gasteiger partial charge on any atom is 0.251 e. The molecule has 0 aliphatic carbocycles. The number of anilines is 1. The van der Waals surface area contributed by atoms with Gasteiger partial charge in [-0.05, 0) is 58.0 Å².